The zero-order valence-electron chi connectivity index (χ0n) is 26.0. The van der Waals surface area contributed by atoms with Gasteiger partial charge in [0.2, 0.25) is 0 Å². The van der Waals surface area contributed by atoms with Gasteiger partial charge in [-0.1, -0.05) is 164 Å². The van der Waals surface area contributed by atoms with E-state index in [1.54, 1.807) is 0 Å². The van der Waals surface area contributed by atoms with Crippen LogP contribution >= 0.6 is 0 Å². The molecule has 0 amide bonds. The van der Waals surface area contributed by atoms with Crippen molar-refractivity contribution in [1.29, 1.82) is 0 Å². The zero-order chi connectivity index (χ0) is 31.4. The van der Waals surface area contributed by atoms with Crippen molar-refractivity contribution in [1.82, 2.24) is 0 Å². The molecular weight excluding hydrogens is 567 g/mol. The maximum atomic E-state index is 2.37. The molecule has 0 saturated heterocycles. The van der Waals surface area contributed by atoms with E-state index in [-0.39, 0.29) is 0 Å². The van der Waals surface area contributed by atoms with Gasteiger partial charge in [-0.25, -0.2) is 0 Å². The SMILES string of the molecule is c1ccc(-c2ccccc2-c2ccccc2N(c2ccccc2)c2ccc(-c3cccc(-c4cccc5ccccc45)c3)cc2)cc1. The minimum Gasteiger partial charge on any atom is -0.310 e. The second kappa shape index (κ2) is 12.7. The lowest BCUT2D eigenvalue weighted by Gasteiger charge is -2.28. The Labute approximate surface area is 276 Å². The fraction of sp³-hybridized carbons (Fsp3) is 0. The minimum atomic E-state index is 1.11. The Morgan fingerprint density at radius 3 is 1.62 bits per heavy atom. The van der Waals surface area contributed by atoms with Gasteiger partial charge in [-0.3, -0.25) is 0 Å². The molecule has 0 radical (unpaired) electrons. The van der Waals surface area contributed by atoms with E-state index in [1.807, 2.05) is 0 Å². The maximum absolute atomic E-state index is 2.37. The van der Waals surface area contributed by atoms with Gasteiger partial charge in [0.1, 0.15) is 0 Å². The highest BCUT2D eigenvalue weighted by Gasteiger charge is 2.19. The quantitative estimate of drug-likeness (QED) is 0.176. The highest BCUT2D eigenvalue weighted by atomic mass is 15.1. The van der Waals surface area contributed by atoms with Gasteiger partial charge in [-0.2, -0.15) is 0 Å². The van der Waals surface area contributed by atoms with Crippen molar-refractivity contribution >= 4 is 27.8 Å². The molecule has 0 spiro atoms. The van der Waals surface area contributed by atoms with Crippen LogP contribution in [0, 0.1) is 0 Å². The van der Waals surface area contributed by atoms with E-state index in [2.05, 4.69) is 205 Å². The van der Waals surface area contributed by atoms with Gasteiger partial charge in [-0.05, 0) is 86.1 Å². The minimum absolute atomic E-state index is 1.11. The van der Waals surface area contributed by atoms with E-state index in [4.69, 9.17) is 0 Å². The first-order valence-electron chi connectivity index (χ1n) is 16.1. The molecule has 1 heteroatoms. The summed E-state index contributed by atoms with van der Waals surface area (Å²) in [6.45, 7) is 0. The Bertz CT molecular complexity index is 2280. The summed E-state index contributed by atoms with van der Waals surface area (Å²) >= 11 is 0. The summed E-state index contributed by atoms with van der Waals surface area (Å²) in [4.78, 5) is 2.37. The van der Waals surface area contributed by atoms with Crippen molar-refractivity contribution < 1.29 is 0 Å². The fourth-order valence-electron chi connectivity index (χ4n) is 6.63. The average Bonchev–Trinajstić information content (AvgIpc) is 3.16. The van der Waals surface area contributed by atoms with Gasteiger partial charge in [-0.15, -0.1) is 0 Å². The first-order chi connectivity index (χ1) is 23.3. The Hall–Kier alpha value is -6.18. The van der Waals surface area contributed by atoms with Crippen LogP contribution in [0.4, 0.5) is 17.1 Å². The molecule has 47 heavy (non-hydrogen) atoms. The van der Waals surface area contributed by atoms with Crippen LogP contribution in [-0.2, 0) is 0 Å². The van der Waals surface area contributed by atoms with Gasteiger partial charge in [0, 0.05) is 16.9 Å². The normalized spacial score (nSPS) is 11.0. The van der Waals surface area contributed by atoms with Gasteiger partial charge in [0.15, 0.2) is 0 Å². The van der Waals surface area contributed by atoms with E-state index in [1.165, 1.54) is 55.3 Å². The third kappa shape index (κ3) is 5.60. The molecular formula is C46H33N. The van der Waals surface area contributed by atoms with Gasteiger partial charge < -0.3 is 4.90 Å². The summed E-state index contributed by atoms with van der Waals surface area (Å²) in [5, 5.41) is 2.53. The molecule has 0 aromatic heterocycles. The monoisotopic (exact) mass is 599 g/mol. The third-order valence-electron chi connectivity index (χ3n) is 8.88. The summed E-state index contributed by atoms with van der Waals surface area (Å²) in [5.41, 5.74) is 13.0. The Morgan fingerprint density at radius 2 is 0.809 bits per heavy atom. The highest BCUT2D eigenvalue weighted by molar-refractivity contribution is 5.97. The smallest absolute Gasteiger partial charge is 0.0540 e. The van der Waals surface area contributed by atoms with Crippen molar-refractivity contribution in [2.45, 2.75) is 0 Å². The Kier molecular flexibility index (Phi) is 7.63. The van der Waals surface area contributed by atoms with Crippen molar-refractivity contribution in [2.24, 2.45) is 0 Å². The fourth-order valence-corrected chi connectivity index (χ4v) is 6.63. The van der Waals surface area contributed by atoms with E-state index < -0.39 is 0 Å². The average molecular weight is 600 g/mol. The lowest BCUT2D eigenvalue weighted by atomic mass is 9.93. The third-order valence-corrected chi connectivity index (χ3v) is 8.88. The zero-order valence-corrected chi connectivity index (χ0v) is 26.0. The van der Waals surface area contributed by atoms with Crippen molar-refractivity contribution in [3.8, 4) is 44.5 Å². The summed E-state index contributed by atoms with van der Waals surface area (Å²) < 4.78 is 0. The molecule has 0 aliphatic heterocycles. The van der Waals surface area contributed by atoms with Crippen LogP contribution in [0.3, 0.4) is 0 Å². The van der Waals surface area contributed by atoms with Crippen LogP contribution < -0.4 is 4.90 Å². The number of rotatable bonds is 7. The predicted molar refractivity (Wildman–Crippen MR) is 200 cm³/mol. The molecule has 0 heterocycles. The number of para-hydroxylation sites is 2. The second-order valence-corrected chi connectivity index (χ2v) is 11.8. The van der Waals surface area contributed by atoms with Crippen LogP contribution in [-0.4, -0.2) is 0 Å². The first kappa shape index (κ1) is 28.3. The lowest BCUT2D eigenvalue weighted by molar-refractivity contribution is 1.28. The number of fused-ring (bicyclic) bond motifs is 1. The van der Waals surface area contributed by atoms with Crippen LogP contribution in [0.25, 0.3) is 55.3 Å². The van der Waals surface area contributed by atoms with Crippen molar-refractivity contribution in [3.05, 3.63) is 200 Å². The highest BCUT2D eigenvalue weighted by Crippen LogP contribution is 2.44. The number of hydrogen-bond acceptors (Lipinski definition) is 1. The maximum Gasteiger partial charge on any atom is 0.0540 e. The van der Waals surface area contributed by atoms with Crippen molar-refractivity contribution in [3.63, 3.8) is 0 Å². The molecule has 8 aromatic carbocycles. The van der Waals surface area contributed by atoms with E-state index in [9.17, 15) is 0 Å². The van der Waals surface area contributed by atoms with Crippen molar-refractivity contribution in [2.75, 3.05) is 4.90 Å². The topological polar surface area (TPSA) is 3.24 Å². The number of anilines is 3. The summed E-state index contributed by atoms with van der Waals surface area (Å²) in [5.74, 6) is 0. The van der Waals surface area contributed by atoms with E-state index in [0.29, 0.717) is 0 Å². The molecule has 8 aromatic rings. The Balaban J connectivity index is 1.21. The van der Waals surface area contributed by atoms with Crippen LogP contribution in [0.15, 0.2) is 200 Å². The lowest BCUT2D eigenvalue weighted by Crippen LogP contribution is -2.11. The number of hydrogen-bond donors (Lipinski definition) is 0. The molecule has 222 valence electrons. The molecule has 0 bridgehead atoms. The first-order valence-corrected chi connectivity index (χ1v) is 16.1. The standard InChI is InChI=1S/C46H33N/c1-3-15-35(16-4-1)42-24-9-10-25-44(42)45-26-11-12-28-46(45)47(39-21-5-2-6-22-39)40-31-29-34(30-32-40)37-19-13-20-38(33-37)43-27-14-18-36-17-7-8-23-41(36)43/h1-33H. The largest absolute Gasteiger partial charge is 0.310 e. The van der Waals surface area contributed by atoms with Gasteiger partial charge in [0.25, 0.3) is 0 Å². The molecule has 0 unspecified atom stereocenters. The molecule has 0 aliphatic rings. The molecule has 0 N–H and O–H groups in total. The molecule has 8 rings (SSSR count). The Morgan fingerprint density at radius 1 is 0.277 bits per heavy atom. The van der Waals surface area contributed by atoms with Gasteiger partial charge >= 0.3 is 0 Å². The summed E-state index contributed by atoms with van der Waals surface area (Å²) in [6, 6.07) is 71.7. The van der Waals surface area contributed by atoms with E-state index >= 15 is 0 Å². The molecule has 0 atom stereocenters. The molecule has 0 saturated carbocycles. The molecule has 1 nitrogen and oxygen atoms in total. The van der Waals surface area contributed by atoms with Crippen LogP contribution in [0.5, 0.6) is 0 Å². The summed E-state index contributed by atoms with van der Waals surface area (Å²) in [7, 11) is 0. The molecule has 0 fully saturated rings. The van der Waals surface area contributed by atoms with Gasteiger partial charge in [0.05, 0.1) is 5.69 Å². The van der Waals surface area contributed by atoms with Crippen LogP contribution in [0.1, 0.15) is 0 Å². The molecule has 0 aliphatic carbocycles. The number of benzene rings is 8. The number of nitrogens with zero attached hydrogens (tertiary/aromatic N) is 1. The van der Waals surface area contributed by atoms with E-state index in [0.717, 1.165) is 17.1 Å². The predicted octanol–water partition coefficient (Wildman–Crippen LogP) is 13.0. The second-order valence-electron chi connectivity index (χ2n) is 11.8. The summed E-state index contributed by atoms with van der Waals surface area (Å²) in [6.07, 6.45) is 0. The van der Waals surface area contributed by atoms with Crippen LogP contribution in [0.2, 0.25) is 0 Å².